The minimum Gasteiger partial charge on any atom is -0.497 e. The predicted octanol–water partition coefficient (Wildman–Crippen LogP) is 3.10. The number of benzene rings is 2. The summed E-state index contributed by atoms with van der Waals surface area (Å²) >= 11 is 5.80. The first kappa shape index (κ1) is 16.0. The molecule has 0 saturated heterocycles. The summed E-state index contributed by atoms with van der Waals surface area (Å²) in [5.41, 5.74) is 0.824. The van der Waals surface area contributed by atoms with Crippen molar-refractivity contribution in [2.24, 2.45) is 5.92 Å². The highest BCUT2D eigenvalue weighted by atomic mass is 35.5. The van der Waals surface area contributed by atoms with Crippen LogP contribution < -0.4 is 4.74 Å². The van der Waals surface area contributed by atoms with Gasteiger partial charge in [0.25, 0.3) is 0 Å². The van der Waals surface area contributed by atoms with Gasteiger partial charge >= 0.3 is 0 Å². The molecule has 23 heavy (non-hydrogen) atoms. The number of hydrogen-bond acceptors (Lipinski definition) is 4. The number of halogens is 1. The standard InChI is InChI=1S/C17H15ClO4S/c1-22-13-6-2-11(3-7-13)16-15(10-19)17(16)23(20,21)14-8-4-12(18)5-9-14/h2-10,15-17H,1H3/t15-,16+,17-/m0/s1. The Morgan fingerprint density at radius 2 is 1.65 bits per heavy atom. The highest BCUT2D eigenvalue weighted by Gasteiger charge is 2.59. The average Bonchev–Trinajstić information content (AvgIpc) is 3.31. The van der Waals surface area contributed by atoms with Crippen LogP contribution in [0.25, 0.3) is 0 Å². The van der Waals surface area contributed by atoms with E-state index < -0.39 is 21.0 Å². The van der Waals surface area contributed by atoms with Crippen molar-refractivity contribution < 1.29 is 17.9 Å². The van der Waals surface area contributed by atoms with Gasteiger partial charge in [-0.25, -0.2) is 8.42 Å². The zero-order valence-corrected chi connectivity index (χ0v) is 13.9. The molecule has 0 aromatic heterocycles. The third-order valence-electron chi connectivity index (χ3n) is 4.17. The molecular formula is C17H15ClO4S. The van der Waals surface area contributed by atoms with Crippen LogP contribution in [0.1, 0.15) is 11.5 Å². The number of methoxy groups -OCH3 is 1. The SMILES string of the molecule is COc1ccc([C@@H]2[C@H](C=O)[C@@H]2S(=O)(=O)c2ccc(Cl)cc2)cc1. The van der Waals surface area contributed by atoms with Crippen molar-refractivity contribution in [3.8, 4) is 5.75 Å². The van der Waals surface area contributed by atoms with E-state index in [-0.39, 0.29) is 10.8 Å². The molecule has 1 fully saturated rings. The van der Waals surface area contributed by atoms with E-state index >= 15 is 0 Å². The molecule has 0 unspecified atom stereocenters. The van der Waals surface area contributed by atoms with E-state index in [2.05, 4.69) is 0 Å². The molecule has 1 saturated carbocycles. The van der Waals surface area contributed by atoms with Gasteiger partial charge in [-0.2, -0.15) is 0 Å². The van der Waals surface area contributed by atoms with Crippen LogP contribution in [-0.2, 0) is 14.6 Å². The highest BCUT2D eigenvalue weighted by molar-refractivity contribution is 7.92. The van der Waals surface area contributed by atoms with E-state index in [9.17, 15) is 13.2 Å². The zero-order chi connectivity index (χ0) is 16.6. The van der Waals surface area contributed by atoms with Crippen LogP contribution in [0.2, 0.25) is 5.02 Å². The largest absolute Gasteiger partial charge is 0.497 e. The van der Waals surface area contributed by atoms with Gasteiger partial charge in [-0.05, 0) is 42.0 Å². The van der Waals surface area contributed by atoms with Crippen LogP contribution in [0.3, 0.4) is 0 Å². The summed E-state index contributed by atoms with van der Waals surface area (Å²) in [6.07, 6.45) is 0.729. The molecule has 0 N–H and O–H groups in total. The molecule has 1 aliphatic rings. The highest BCUT2D eigenvalue weighted by Crippen LogP contribution is 2.53. The number of ether oxygens (including phenoxy) is 1. The van der Waals surface area contributed by atoms with Gasteiger partial charge in [0.05, 0.1) is 17.3 Å². The van der Waals surface area contributed by atoms with Gasteiger partial charge < -0.3 is 9.53 Å². The third-order valence-corrected chi connectivity index (χ3v) is 6.67. The summed E-state index contributed by atoms with van der Waals surface area (Å²) < 4.78 is 30.6. The number of rotatable bonds is 5. The topological polar surface area (TPSA) is 60.4 Å². The smallest absolute Gasteiger partial charge is 0.182 e. The number of carbonyl (C=O) groups is 1. The molecule has 3 atom stereocenters. The molecule has 2 aromatic carbocycles. The van der Waals surface area contributed by atoms with Gasteiger partial charge in [0.15, 0.2) is 9.84 Å². The lowest BCUT2D eigenvalue weighted by Crippen LogP contribution is -2.11. The summed E-state index contributed by atoms with van der Waals surface area (Å²) in [5, 5.41) is -0.257. The maximum absolute atomic E-state index is 12.8. The molecule has 0 amide bonds. The normalized spacial score (nSPS) is 23.3. The Balaban J connectivity index is 1.92. The predicted molar refractivity (Wildman–Crippen MR) is 87.7 cm³/mol. The van der Waals surface area contributed by atoms with Gasteiger partial charge in [0, 0.05) is 16.9 Å². The van der Waals surface area contributed by atoms with Crippen molar-refractivity contribution in [1.82, 2.24) is 0 Å². The van der Waals surface area contributed by atoms with Crippen LogP contribution in [0.15, 0.2) is 53.4 Å². The number of aldehydes is 1. The van der Waals surface area contributed by atoms with Gasteiger partial charge in [-0.3, -0.25) is 0 Å². The van der Waals surface area contributed by atoms with Crippen molar-refractivity contribution in [2.75, 3.05) is 7.11 Å². The van der Waals surface area contributed by atoms with Crippen LogP contribution >= 0.6 is 11.6 Å². The van der Waals surface area contributed by atoms with Crippen LogP contribution in [0.4, 0.5) is 0 Å². The Bertz CT molecular complexity index is 813. The second-order valence-corrected chi connectivity index (χ2v) is 8.02. The second kappa shape index (κ2) is 5.98. The first-order chi connectivity index (χ1) is 11.0. The first-order valence-corrected chi connectivity index (χ1v) is 9.00. The van der Waals surface area contributed by atoms with Crippen molar-refractivity contribution in [3.63, 3.8) is 0 Å². The molecule has 0 bridgehead atoms. The first-order valence-electron chi connectivity index (χ1n) is 7.07. The second-order valence-electron chi connectivity index (χ2n) is 5.48. The minimum atomic E-state index is -3.58. The molecule has 3 rings (SSSR count). The number of sulfone groups is 1. The zero-order valence-electron chi connectivity index (χ0n) is 12.3. The molecule has 2 aromatic rings. The van der Waals surface area contributed by atoms with E-state index in [1.54, 1.807) is 31.4 Å². The van der Waals surface area contributed by atoms with Crippen LogP contribution in [-0.4, -0.2) is 27.1 Å². The number of hydrogen-bond donors (Lipinski definition) is 0. The monoisotopic (exact) mass is 350 g/mol. The summed E-state index contributed by atoms with van der Waals surface area (Å²) in [7, 11) is -2.01. The van der Waals surface area contributed by atoms with Crippen LogP contribution in [0.5, 0.6) is 5.75 Å². The lowest BCUT2D eigenvalue weighted by molar-refractivity contribution is -0.108. The maximum Gasteiger partial charge on any atom is 0.182 e. The molecule has 0 radical (unpaired) electrons. The minimum absolute atomic E-state index is 0.190. The van der Waals surface area contributed by atoms with E-state index in [0.717, 1.165) is 11.8 Å². The summed E-state index contributed by atoms with van der Waals surface area (Å²) in [5.74, 6) is -0.155. The third kappa shape index (κ3) is 2.86. The fourth-order valence-electron chi connectivity index (χ4n) is 2.89. The van der Waals surface area contributed by atoms with Gasteiger partial charge in [0.1, 0.15) is 12.0 Å². The Morgan fingerprint density at radius 3 is 2.17 bits per heavy atom. The van der Waals surface area contributed by atoms with Gasteiger partial charge in [-0.15, -0.1) is 0 Å². The van der Waals surface area contributed by atoms with E-state index in [4.69, 9.17) is 16.3 Å². The summed E-state index contributed by atoms with van der Waals surface area (Å²) in [4.78, 5) is 11.5. The number of carbonyl (C=O) groups excluding carboxylic acids is 1. The molecule has 120 valence electrons. The summed E-state index contributed by atoms with van der Waals surface area (Å²) in [6, 6.07) is 13.2. The molecule has 0 heterocycles. The van der Waals surface area contributed by atoms with Crippen molar-refractivity contribution in [2.45, 2.75) is 16.1 Å². The Morgan fingerprint density at radius 1 is 1.04 bits per heavy atom. The maximum atomic E-state index is 12.8. The van der Waals surface area contributed by atoms with E-state index in [1.165, 1.54) is 24.3 Å². The lowest BCUT2D eigenvalue weighted by Gasteiger charge is -2.05. The summed E-state index contributed by atoms with van der Waals surface area (Å²) in [6.45, 7) is 0. The van der Waals surface area contributed by atoms with E-state index in [0.29, 0.717) is 10.8 Å². The quantitative estimate of drug-likeness (QED) is 0.777. The Labute approximate surface area is 140 Å². The van der Waals surface area contributed by atoms with Crippen LogP contribution in [0, 0.1) is 5.92 Å². The Hall–Kier alpha value is -1.85. The van der Waals surface area contributed by atoms with Gasteiger partial charge in [-0.1, -0.05) is 23.7 Å². The molecular weight excluding hydrogens is 336 g/mol. The van der Waals surface area contributed by atoms with Crippen molar-refractivity contribution >= 4 is 27.7 Å². The van der Waals surface area contributed by atoms with Crippen molar-refractivity contribution in [1.29, 1.82) is 0 Å². The van der Waals surface area contributed by atoms with Crippen molar-refractivity contribution in [3.05, 3.63) is 59.1 Å². The molecule has 0 spiro atoms. The van der Waals surface area contributed by atoms with Gasteiger partial charge in [0.2, 0.25) is 0 Å². The van der Waals surface area contributed by atoms with E-state index in [1.807, 2.05) is 0 Å². The lowest BCUT2D eigenvalue weighted by atomic mass is 10.1. The Kier molecular flexibility index (Phi) is 4.17. The fourth-order valence-corrected chi connectivity index (χ4v) is 5.12. The molecule has 1 aliphatic carbocycles. The fraction of sp³-hybridized carbons (Fsp3) is 0.235. The average molecular weight is 351 g/mol. The molecule has 4 nitrogen and oxygen atoms in total. The molecule has 0 aliphatic heterocycles. The molecule has 6 heteroatoms.